The second kappa shape index (κ2) is 70.8. The highest BCUT2D eigenvalue weighted by molar-refractivity contribution is 4.97. The van der Waals surface area contributed by atoms with E-state index in [0.717, 1.165) is 94.7 Å². The average Bonchev–Trinajstić information content (AvgIpc) is 4.26. The predicted octanol–water partition coefficient (Wildman–Crippen LogP) is 29.1. The SMILES string of the molecule is CC.CC.CC.CC.CC.CC.CC.CC.CC1C=CCC1C.CC1CCCC1C.CC1CCCC1C.CC1CCCC1C.CC1CCCCC1C.CC1CCCCC1C.CC1CCCCC1C.CC1CCCCC1C. The van der Waals surface area contributed by atoms with Crippen LogP contribution in [0.4, 0.5) is 0 Å². The van der Waals surface area contributed by atoms with Gasteiger partial charge in [0.15, 0.2) is 0 Å². The average molecular weight is 1080 g/mol. The number of hydrogen-bond acceptors (Lipinski definition) is 0. The molecule has 16 atom stereocenters. The molecule has 8 rings (SSSR count). The molecule has 7 saturated carbocycles. The van der Waals surface area contributed by atoms with Crippen LogP contribution in [-0.4, -0.2) is 0 Å². The molecule has 0 aromatic heterocycles. The molecule has 0 heteroatoms. The Morgan fingerprint density at radius 3 is 0.342 bits per heavy atom. The lowest BCUT2D eigenvalue weighted by Crippen LogP contribution is -2.12. The molecule has 0 amide bonds. The molecule has 0 aromatic rings. The zero-order valence-electron chi connectivity index (χ0n) is 60.8. The minimum Gasteiger partial charge on any atom is -0.0880 e. The lowest BCUT2D eigenvalue weighted by Gasteiger charge is -2.24. The second-order valence-corrected chi connectivity index (χ2v) is 24.1. The van der Waals surface area contributed by atoms with Crippen LogP contribution in [0.25, 0.3) is 0 Å². The molecule has 16 unspecified atom stereocenters. The summed E-state index contributed by atoms with van der Waals surface area (Å²) in [6.45, 7) is 69.8. The van der Waals surface area contributed by atoms with Gasteiger partial charge in [0.05, 0.1) is 0 Å². The first-order chi connectivity index (χ1) is 36.4. The molecule has 0 spiro atoms. The van der Waals surface area contributed by atoms with Crippen LogP contribution in [-0.2, 0) is 0 Å². The van der Waals surface area contributed by atoms with E-state index >= 15 is 0 Å². The van der Waals surface area contributed by atoms with Crippen LogP contribution in [0.15, 0.2) is 12.2 Å². The first-order valence-corrected chi connectivity index (χ1v) is 36.1. The topological polar surface area (TPSA) is 0 Å². The summed E-state index contributed by atoms with van der Waals surface area (Å²) in [4.78, 5) is 0. The molecular formula is C76H166. The highest BCUT2D eigenvalue weighted by atomic mass is 14.3. The van der Waals surface area contributed by atoms with E-state index < -0.39 is 0 Å². The van der Waals surface area contributed by atoms with Crippen molar-refractivity contribution < 1.29 is 0 Å². The van der Waals surface area contributed by atoms with Crippen LogP contribution in [0.5, 0.6) is 0 Å². The van der Waals surface area contributed by atoms with Crippen molar-refractivity contribution in [3.8, 4) is 0 Å². The van der Waals surface area contributed by atoms with E-state index in [-0.39, 0.29) is 0 Å². The van der Waals surface area contributed by atoms with Crippen molar-refractivity contribution in [3.05, 3.63) is 12.2 Å². The number of allylic oxidation sites excluding steroid dienone is 2. The maximum absolute atomic E-state index is 2.38. The molecule has 8 aliphatic rings. The minimum absolute atomic E-state index is 0.833. The fourth-order valence-corrected chi connectivity index (χ4v) is 10.9. The molecule has 0 saturated heterocycles. The van der Waals surface area contributed by atoms with Gasteiger partial charge in [-0.05, 0) is 101 Å². The van der Waals surface area contributed by atoms with Gasteiger partial charge in [0.25, 0.3) is 0 Å². The van der Waals surface area contributed by atoms with Crippen LogP contribution < -0.4 is 0 Å². The molecular weight excluding hydrogens is 913 g/mol. The van der Waals surface area contributed by atoms with Crippen LogP contribution in [0.3, 0.4) is 0 Å². The van der Waals surface area contributed by atoms with Gasteiger partial charge in [0.1, 0.15) is 0 Å². The Morgan fingerprint density at radius 1 is 0.171 bits per heavy atom. The van der Waals surface area contributed by atoms with Gasteiger partial charge >= 0.3 is 0 Å². The van der Waals surface area contributed by atoms with E-state index in [1.54, 1.807) is 0 Å². The first kappa shape index (κ1) is 92.2. The van der Waals surface area contributed by atoms with Crippen LogP contribution in [0.1, 0.15) is 389 Å². The van der Waals surface area contributed by atoms with E-state index in [4.69, 9.17) is 0 Å². The monoisotopic (exact) mass is 1080 g/mol. The fourth-order valence-electron chi connectivity index (χ4n) is 10.9. The molecule has 470 valence electrons. The van der Waals surface area contributed by atoms with Gasteiger partial charge in [-0.25, -0.2) is 0 Å². The molecule has 76 heavy (non-hydrogen) atoms. The summed E-state index contributed by atoms with van der Waals surface area (Å²) in [6, 6.07) is 0. The lowest BCUT2D eigenvalue weighted by atomic mass is 9.82. The summed E-state index contributed by atoms with van der Waals surface area (Å²) < 4.78 is 0. The normalized spacial score (nSPS) is 32.6. The number of hydrogen-bond donors (Lipinski definition) is 0. The van der Waals surface area contributed by atoms with Gasteiger partial charge in [0.2, 0.25) is 0 Å². The van der Waals surface area contributed by atoms with Crippen molar-refractivity contribution in [2.75, 3.05) is 0 Å². The van der Waals surface area contributed by atoms with Gasteiger partial charge in [-0.2, -0.15) is 0 Å². The van der Waals surface area contributed by atoms with Crippen molar-refractivity contribution in [1.29, 1.82) is 0 Å². The third-order valence-corrected chi connectivity index (χ3v) is 18.9. The van der Waals surface area contributed by atoms with E-state index in [9.17, 15) is 0 Å². The number of rotatable bonds is 0. The van der Waals surface area contributed by atoms with E-state index in [2.05, 4.69) is 123 Å². The Kier molecular flexibility index (Phi) is 85.9. The quantitative estimate of drug-likeness (QED) is 0.212. The Bertz CT molecular complexity index is 805. The zero-order chi connectivity index (χ0) is 61.0. The van der Waals surface area contributed by atoms with Gasteiger partial charge < -0.3 is 0 Å². The predicted molar refractivity (Wildman–Crippen MR) is 367 cm³/mol. The van der Waals surface area contributed by atoms with Crippen molar-refractivity contribution in [2.45, 2.75) is 389 Å². The Hall–Kier alpha value is -0.260. The summed E-state index contributed by atoms with van der Waals surface area (Å²) in [5.41, 5.74) is 0. The summed E-state index contributed by atoms with van der Waals surface area (Å²) in [5, 5.41) is 0. The molecule has 0 nitrogen and oxygen atoms in total. The molecule has 0 aliphatic heterocycles. The van der Waals surface area contributed by atoms with E-state index in [1.807, 2.05) is 111 Å². The summed E-state index contributed by atoms with van der Waals surface area (Å²) in [7, 11) is 0. The summed E-state index contributed by atoms with van der Waals surface area (Å²) >= 11 is 0. The Balaban J connectivity index is -0.000000112. The maximum Gasteiger partial charge on any atom is -0.0233 e. The second-order valence-electron chi connectivity index (χ2n) is 24.1. The van der Waals surface area contributed by atoms with E-state index in [0.29, 0.717) is 0 Å². The lowest BCUT2D eigenvalue weighted by molar-refractivity contribution is 0.277. The van der Waals surface area contributed by atoms with Gasteiger partial charge in [-0.3, -0.25) is 0 Å². The van der Waals surface area contributed by atoms with Gasteiger partial charge in [-0.1, -0.05) is 394 Å². The standard InChI is InChI=1S/4C8H16.3C7H14.C7H12.8C2H6/c4*1-7-5-3-4-6-8(7)2;4*1-6-4-3-5-7(6)2;8*1-2/h4*7-8H,3-6H2,1-2H3;3*6-7H,3-5H2,1-2H3;3-4,6-7H,5H2,1-2H3;8*1-2H3. The molecule has 0 radical (unpaired) electrons. The van der Waals surface area contributed by atoms with Crippen molar-refractivity contribution in [3.63, 3.8) is 0 Å². The van der Waals surface area contributed by atoms with Crippen LogP contribution in [0.2, 0.25) is 0 Å². The Morgan fingerprint density at radius 2 is 0.289 bits per heavy atom. The smallest absolute Gasteiger partial charge is 0.0233 e. The zero-order valence-corrected chi connectivity index (χ0v) is 60.8. The maximum atomic E-state index is 2.38. The molecule has 0 bridgehead atoms. The van der Waals surface area contributed by atoms with Gasteiger partial charge in [-0.15, -0.1) is 0 Å². The van der Waals surface area contributed by atoms with Crippen LogP contribution in [0, 0.1) is 94.7 Å². The van der Waals surface area contributed by atoms with Crippen molar-refractivity contribution in [1.82, 2.24) is 0 Å². The minimum atomic E-state index is 0.833. The molecule has 0 heterocycles. The summed E-state index contributed by atoms with van der Waals surface area (Å²) in [5.74, 6) is 15.8. The van der Waals surface area contributed by atoms with Crippen molar-refractivity contribution >= 4 is 0 Å². The van der Waals surface area contributed by atoms with Crippen molar-refractivity contribution in [2.24, 2.45) is 94.7 Å². The van der Waals surface area contributed by atoms with E-state index in [1.165, 1.54) is 167 Å². The highest BCUT2D eigenvalue weighted by Gasteiger charge is 2.21. The highest BCUT2D eigenvalue weighted by Crippen LogP contribution is 2.33. The van der Waals surface area contributed by atoms with Gasteiger partial charge in [0, 0.05) is 0 Å². The first-order valence-electron chi connectivity index (χ1n) is 36.1. The third-order valence-electron chi connectivity index (χ3n) is 18.9. The van der Waals surface area contributed by atoms with Crippen LogP contribution >= 0.6 is 0 Å². The molecule has 0 N–H and O–H groups in total. The largest absolute Gasteiger partial charge is 0.0880 e. The Labute approximate surface area is 492 Å². The molecule has 8 aliphatic carbocycles. The third kappa shape index (κ3) is 55.6. The molecule has 7 fully saturated rings. The molecule has 0 aromatic carbocycles. The fraction of sp³-hybridized carbons (Fsp3) is 0.974. The summed E-state index contributed by atoms with van der Waals surface area (Å²) in [6.07, 6.45) is 42.7.